The van der Waals surface area contributed by atoms with Gasteiger partial charge in [0.1, 0.15) is 0 Å². The van der Waals surface area contributed by atoms with Crippen molar-refractivity contribution in [3.05, 3.63) is 23.8 Å². The summed E-state index contributed by atoms with van der Waals surface area (Å²) in [4.78, 5) is -1.52. The minimum atomic E-state index is -4.95. The van der Waals surface area contributed by atoms with Gasteiger partial charge in [0.2, 0.25) is 0 Å². The molecule has 0 aliphatic rings. The predicted molar refractivity (Wildman–Crippen MR) is 57.7 cm³/mol. The normalized spacial score (nSPS) is 13.6. The molecule has 9 heteroatoms. The second kappa shape index (κ2) is 4.23. The van der Waals surface area contributed by atoms with Gasteiger partial charge in [0.05, 0.1) is 15.4 Å². The van der Waals surface area contributed by atoms with Gasteiger partial charge < -0.3 is 0 Å². The Balaban J connectivity index is 3.71. The molecule has 102 valence electrons. The zero-order valence-electron chi connectivity index (χ0n) is 9.32. The maximum Gasteiger partial charge on any atom is 0.417 e. The van der Waals surface area contributed by atoms with Gasteiger partial charge in [-0.3, -0.25) is 0 Å². The van der Waals surface area contributed by atoms with Crippen LogP contribution in [-0.2, 0) is 25.9 Å². The number of halogens is 3. The first kappa shape index (κ1) is 15.0. The molecule has 1 rings (SSSR count). The summed E-state index contributed by atoms with van der Waals surface area (Å²) in [6.07, 6.45) is -3.58. The Hall–Kier alpha value is -1.09. The van der Waals surface area contributed by atoms with Crippen LogP contribution in [0.5, 0.6) is 0 Å². The molecule has 0 amide bonds. The number of alkyl halides is 3. The van der Waals surface area contributed by atoms with E-state index in [1.165, 1.54) is 0 Å². The molecular weight excluding hydrogens is 293 g/mol. The van der Waals surface area contributed by atoms with Crippen LogP contribution in [-0.4, -0.2) is 29.3 Å². The molecule has 18 heavy (non-hydrogen) atoms. The summed E-state index contributed by atoms with van der Waals surface area (Å²) in [5, 5.41) is 0. The summed E-state index contributed by atoms with van der Waals surface area (Å²) in [5.74, 6) is 0. The van der Waals surface area contributed by atoms with E-state index in [9.17, 15) is 30.0 Å². The molecule has 0 fully saturated rings. The van der Waals surface area contributed by atoms with E-state index in [0.29, 0.717) is 18.4 Å². The molecule has 0 spiro atoms. The van der Waals surface area contributed by atoms with Gasteiger partial charge in [0.15, 0.2) is 19.7 Å². The maximum absolute atomic E-state index is 12.7. The van der Waals surface area contributed by atoms with Crippen molar-refractivity contribution in [2.75, 3.05) is 12.5 Å². The van der Waals surface area contributed by atoms with Crippen LogP contribution >= 0.6 is 0 Å². The van der Waals surface area contributed by atoms with Crippen LogP contribution in [0.25, 0.3) is 0 Å². The van der Waals surface area contributed by atoms with Crippen LogP contribution in [0, 0.1) is 0 Å². The zero-order chi connectivity index (χ0) is 14.4. The summed E-state index contributed by atoms with van der Waals surface area (Å²) in [6, 6.07) is 1.81. The molecule has 4 nitrogen and oxygen atoms in total. The molecule has 0 aromatic heterocycles. The molecule has 1 aromatic rings. The Kier molecular flexibility index (Phi) is 3.52. The van der Waals surface area contributed by atoms with Crippen LogP contribution in [0.3, 0.4) is 0 Å². The average molecular weight is 302 g/mol. The lowest BCUT2D eigenvalue weighted by Gasteiger charge is -2.12. The largest absolute Gasteiger partial charge is 0.417 e. The zero-order valence-corrected chi connectivity index (χ0v) is 10.9. The molecule has 0 unspecified atom stereocenters. The molecule has 0 heterocycles. The van der Waals surface area contributed by atoms with Crippen molar-refractivity contribution >= 4 is 19.7 Å². The topological polar surface area (TPSA) is 68.3 Å². The van der Waals surface area contributed by atoms with E-state index in [0.717, 1.165) is 12.3 Å². The lowest BCUT2D eigenvalue weighted by atomic mass is 10.2. The minimum absolute atomic E-state index is 0.325. The Morgan fingerprint density at radius 2 is 1.44 bits per heavy atom. The van der Waals surface area contributed by atoms with Crippen molar-refractivity contribution in [2.24, 2.45) is 0 Å². The quantitative estimate of drug-likeness (QED) is 0.830. The van der Waals surface area contributed by atoms with Gasteiger partial charge in [0, 0.05) is 12.5 Å². The third-order valence-corrected chi connectivity index (χ3v) is 4.35. The average Bonchev–Trinajstić information content (AvgIpc) is 2.12. The summed E-state index contributed by atoms with van der Waals surface area (Å²) >= 11 is 0. The SMILES string of the molecule is CS(=O)(=O)c1ccc(S(C)(=O)=O)c(C(F)(F)F)c1. The number of hydrogen-bond acceptors (Lipinski definition) is 4. The maximum atomic E-state index is 12.7. The van der Waals surface area contributed by atoms with Gasteiger partial charge in [-0.05, 0) is 18.2 Å². The van der Waals surface area contributed by atoms with Crippen LogP contribution < -0.4 is 0 Å². The van der Waals surface area contributed by atoms with Gasteiger partial charge in [-0.2, -0.15) is 13.2 Å². The second-order valence-corrected chi connectivity index (χ2v) is 7.70. The van der Waals surface area contributed by atoms with Crippen LogP contribution in [0.2, 0.25) is 0 Å². The van der Waals surface area contributed by atoms with E-state index in [-0.39, 0.29) is 0 Å². The minimum Gasteiger partial charge on any atom is -0.224 e. The van der Waals surface area contributed by atoms with Gasteiger partial charge >= 0.3 is 6.18 Å². The third-order valence-electron chi connectivity index (χ3n) is 2.08. The highest BCUT2D eigenvalue weighted by Gasteiger charge is 2.37. The Morgan fingerprint density at radius 3 is 1.78 bits per heavy atom. The standard InChI is InChI=1S/C9H9F3O4S2/c1-17(13,14)6-3-4-8(18(2,15)16)7(5-6)9(10,11)12/h3-5H,1-2H3. The fourth-order valence-corrected chi connectivity index (χ4v) is 2.82. The van der Waals surface area contributed by atoms with Crippen LogP contribution in [0.1, 0.15) is 5.56 Å². The summed E-state index contributed by atoms with van der Waals surface area (Å²) in [6.45, 7) is 0. The van der Waals surface area contributed by atoms with Crippen molar-refractivity contribution in [1.29, 1.82) is 0 Å². The molecule has 0 atom stereocenters. The molecule has 1 aromatic carbocycles. The lowest BCUT2D eigenvalue weighted by Crippen LogP contribution is -2.14. The van der Waals surface area contributed by atoms with Crippen LogP contribution in [0.15, 0.2) is 28.0 Å². The summed E-state index contributed by atoms with van der Waals surface area (Å²) < 4.78 is 82.8. The fraction of sp³-hybridized carbons (Fsp3) is 0.333. The van der Waals surface area contributed by atoms with Crippen molar-refractivity contribution in [1.82, 2.24) is 0 Å². The van der Waals surface area contributed by atoms with E-state index in [4.69, 9.17) is 0 Å². The lowest BCUT2D eigenvalue weighted by molar-refractivity contribution is -0.140. The van der Waals surface area contributed by atoms with E-state index in [2.05, 4.69) is 0 Å². The Labute approximate surface area is 102 Å². The van der Waals surface area contributed by atoms with Gasteiger partial charge in [0.25, 0.3) is 0 Å². The monoisotopic (exact) mass is 302 g/mol. The number of sulfone groups is 2. The van der Waals surface area contributed by atoms with E-state index in [1.807, 2.05) is 0 Å². The molecule has 0 radical (unpaired) electrons. The Bertz CT molecular complexity index is 672. The number of benzene rings is 1. The smallest absolute Gasteiger partial charge is 0.224 e. The van der Waals surface area contributed by atoms with Crippen molar-refractivity contribution in [3.8, 4) is 0 Å². The van der Waals surface area contributed by atoms with Crippen molar-refractivity contribution < 1.29 is 30.0 Å². The molecular formula is C9H9F3O4S2. The first-order chi connectivity index (χ1) is 7.83. The third kappa shape index (κ3) is 3.22. The van der Waals surface area contributed by atoms with E-state index in [1.54, 1.807) is 0 Å². The first-order valence-electron chi connectivity index (χ1n) is 4.45. The van der Waals surface area contributed by atoms with Gasteiger partial charge in [-0.25, -0.2) is 16.8 Å². The highest BCUT2D eigenvalue weighted by molar-refractivity contribution is 7.91. The first-order valence-corrected chi connectivity index (χ1v) is 8.23. The van der Waals surface area contributed by atoms with Gasteiger partial charge in [-0.15, -0.1) is 0 Å². The molecule has 0 saturated heterocycles. The van der Waals surface area contributed by atoms with Crippen LogP contribution in [0.4, 0.5) is 13.2 Å². The van der Waals surface area contributed by atoms with Crippen molar-refractivity contribution in [2.45, 2.75) is 16.0 Å². The highest BCUT2D eigenvalue weighted by Crippen LogP contribution is 2.35. The second-order valence-electron chi connectivity index (χ2n) is 3.70. The predicted octanol–water partition coefficient (Wildman–Crippen LogP) is 1.51. The highest BCUT2D eigenvalue weighted by atomic mass is 32.2. The van der Waals surface area contributed by atoms with E-state index < -0.39 is 41.2 Å². The van der Waals surface area contributed by atoms with Crippen molar-refractivity contribution in [3.63, 3.8) is 0 Å². The molecule has 0 saturated carbocycles. The van der Waals surface area contributed by atoms with E-state index >= 15 is 0 Å². The fourth-order valence-electron chi connectivity index (χ4n) is 1.28. The molecule has 0 aliphatic heterocycles. The molecule has 0 bridgehead atoms. The summed E-state index contributed by atoms with van der Waals surface area (Å²) in [5.41, 5.74) is -1.48. The Morgan fingerprint density at radius 1 is 0.944 bits per heavy atom. The number of hydrogen-bond donors (Lipinski definition) is 0. The summed E-state index contributed by atoms with van der Waals surface area (Å²) in [7, 11) is -7.94. The molecule has 0 aliphatic carbocycles. The number of rotatable bonds is 2. The molecule has 0 N–H and O–H groups in total. The van der Waals surface area contributed by atoms with Gasteiger partial charge in [-0.1, -0.05) is 0 Å².